The summed E-state index contributed by atoms with van der Waals surface area (Å²) in [6.07, 6.45) is -4.37. The molecule has 0 spiro atoms. The van der Waals surface area contributed by atoms with Crippen molar-refractivity contribution < 1.29 is 27.1 Å². The number of halogens is 3. The Hall–Kier alpha value is -2.52. The fourth-order valence-corrected chi connectivity index (χ4v) is 3.40. The predicted octanol–water partition coefficient (Wildman–Crippen LogP) is 3.82. The number of carbonyl (C=O) groups excluding carboxylic acids is 1. The Kier molecular flexibility index (Phi) is 7.04. The van der Waals surface area contributed by atoms with E-state index in [1.807, 2.05) is 19.1 Å². The molecule has 1 aliphatic rings. The van der Waals surface area contributed by atoms with Gasteiger partial charge < -0.3 is 19.4 Å². The zero-order valence-electron chi connectivity index (χ0n) is 17.0. The summed E-state index contributed by atoms with van der Waals surface area (Å²) in [6.45, 7) is 5.14. The van der Waals surface area contributed by atoms with Crippen molar-refractivity contribution in [2.45, 2.75) is 25.7 Å². The number of hydrogen-bond acceptors (Lipinski definition) is 4. The van der Waals surface area contributed by atoms with Gasteiger partial charge in [-0.15, -0.1) is 0 Å². The van der Waals surface area contributed by atoms with Gasteiger partial charge in [-0.25, -0.2) is 4.79 Å². The normalized spacial score (nSPS) is 16.3. The van der Waals surface area contributed by atoms with Crippen LogP contribution in [0.25, 0.3) is 0 Å². The van der Waals surface area contributed by atoms with E-state index in [0.717, 1.165) is 36.7 Å². The van der Waals surface area contributed by atoms with Gasteiger partial charge in [0.2, 0.25) is 0 Å². The lowest BCUT2D eigenvalue weighted by atomic mass is 10.1. The molecule has 0 aliphatic carbocycles. The first-order valence-electron chi connectivity index (χ1n) is 9.77. The molecule has 1 saturated heterocycles. The SMILES string of the molecule is Cc1ccc(C(CNC(=O)N(C)Cc2ccc(C(F)(F)F)cc2)N2CCOCC2)o1. The maximum atomic E-state index is 12.7. The van der Waals surface area contributed by atoms with Gasteiger partial charge >= 0.3 is 12.2 Å². The van der Waals surface area contributed by atoms with Crippen molar-refractivity contribution in [1.82, 2.24) is 15.1 Å². The number of ether oxygens (including phenoxy) is 1. The second-order valence-corrected chi connectivity index (χ2v) is 7.35. The number of nitrogens with zero attached hydrogens (tertiary/aromatic N) is 2. The molecule has 0 bridgehead atoms. The average Bonchev–Trinajstić information content (AvgIpc) is 3.14. The summed E-state index contributed by atoms with van der Waals surface area (Å²) < 4.78 is 49.3. The van der Waals surface area contributed by atoms with Gasteiger partial charge in [0.1, 0.15) is 11.5 Å². The highest BCUT2D eigenvalue weighted by Gasteiger charge is 2.30. The van der Waals surface area contributed by atoms with E-state index in [1.165, 1.54) is 17.0 Å². The van der Waals surface area contributed by atoms with Crippen molar-refractivity contribution in [2.24, 2.45) is 0 Å². The maximum Gasteiger partial charge on any atom is 0.416 e. The van der Waals surface area contributed by atoms with Crippen LogP contribution in [-0.2, 0) is 17.5 Å². The molecule has 30 heavy (non-hydrogen) atoms. The minimum Gasteiger partial charge on any atom is -0.465 e. The number of hydrogen-bond donors (Lipinski definition) is 1. The fraction of sp³-hybridized carbons (Fsp3) is 0.476. The Bertz CT molecular complexity index is 830. The molecule has 1 unspecified atom stereocenters. The molecule has 0 saturated carbocycles. The number of alkyl halides is 3. The third-order valence-electron chi connectivity index (χ3n) is 5.07. The van der Waals surface area contributed by atoms with Crippen LogP contribution in [0.3, 0.4) is 0 Å². The lowest BCUT2D eigenvalue weighted by molar-refractivity contribution is -0.137. The number of nitrogens with one attached hydrogen (secondary N) is 1. The zero-order valence-corrected chi connectivity index (χ0v) is 17.0. The zero-order chi connectivity index (χ0) is 21.7. The minimum absolute atomic E-state index is 0.119. The van der Waals surface area contributed by atoms with Crippen molar-refractivity contribution in [3.63, 3.8) is 0 Å². The van der Waals surface area contributed by atoms with Crippen LogP contribution in [-0.4, -0.2) is 55.7 Å². The molecule has 2 heterocycles. The van der Waals surface area contributed by atoms with Crippen LogP contribution in [0.15, 0.2) is 40.8 Å². The first-order valence-corrected chi connectivity index (χ1v) is 9.77. The van der Waals surface area contributed by atoms with Crippen molar-refractivity contribution >= 4 is 6.03 Å². The largest absolute Gasteiger partial charge is 0.465 e. The molecule has 1 aromatic carbocycles. The molecule has 1 aliphatic heterocycles. The van der Waals surface area contributed by atoms with Crippen molar-refractivity contribution in [1.29, 1.82) is 0 Å². The van der Waals surface area contributed by atoms with Crippen molar-refractivity contribution in [3.05, 3.63) is 59.0 Å². The fourth-order valence-electron chi connectivity index (χ4n) is 3.40. The van der Waals surface area contributed by atoms with E-state index in [2.05, 4.69) is 10.2 Å². The lowest BCUT2D eigenvalue weighted by Gasteiger charge is -2.33. The molecule has 1 fully saturated rings. The van der Waals surface area contributed by atoms with E-state index < -0.39 is 11.7 Å². The average molecular weight is 425 g/mol. The molecule has 3 rings (SSSR count). The summed E-state index contributed by atoms with van der Waals surface area (Å²) in [4.78, 5) is 16.2. The second kappa shape index (κ2) is 9.53. The number of urea groups is 1. The van der Waals surface area contributed by atoms with Gasteiger partial charge in [-0.1, -0.05) is 12.1 Å². The van der Waals surface area contributed by atoms with Crippen LogP contribution in [0.5, 0.6) is 0 Å². The quantitative estimate of drug-likeness (QED) is 0.765. The van der Waals surface area contributed by atoms with Crippen molar-refractivity contribution in [2.75, 3.05) is 39.9 Å². The van der Waals surface area contributed by atoms with E-state index >= 15 is 0 Å². The van der Waals surface area contributed by atoms with E-state index in [1.54, 1.807) is 7.05 Å². The van der Waals surface area contributed by atoms with Crippen LogP contribution < -0.4 is 5.32 Å². The van der Waals surface area contributed by atoms with Crippen LogP contribution in [0.4, 0.5) is 18.0 Å². The molecule has 9 heteroatoms. The number of furan rings is 1. The molecule has 0 radical (unpaired) electrons. The van der Waals surface area contributed by atoms with Gasteiger partial charge in [0.05, 0.1) is 24.8 Å². The van der Waals surface area contributed by atoms with Crippen LogP contribution in [0.1, 0.15) is 28.7 Å². The topological polar surface area (TPSA) is 58.0 Å². The van der Waals surface area contributed by atoms with E-state index in [-0.39, 0.29) is 18.6 Å². The second-order valence-electron chi connectivity index (χ2n) is 7.35. The van der Waals surface area contributed by atoms with Gasteiger partial charge in [-0.2, -0.15) is 13.2 Å². The first-order chi connectivity index (χ1) is 14.2. The van der Waals surface area contributed by atoms with Gasteiger partial charge in [0, 0.05) is 33.2 Å². The summed E-state index contributed by atoms with van der Waals surface area (Å²) in [6, 6.07) is 8.18. The number of morpholine rings is 1. The number of rotatable bonds is 6. The van der Waals surface area contributed by atoms with Crippen LogP contribution in [0, 0.1) is 6.92 Å². The summed E-state index contributed by atoms with van der Waals surface area (Å²) in [5.41, 5.74) is -0.0903. The highest BCUT2D eigenvalue weighted by molar-refractivity contribution is 5.73. The molecule has 1 atom stereocenters. The van der Waals surface area contributed by atoms with E-state index in [4.69, 9.17) is 9.15 Å². The monoisotopic (exact) mass is 425 g/mol. The number of benzene rings is 1. The highest BCUT2D eigenvalue weighted by atomic mass is 19.4. The van der Waals surface area contributed by atoms with E-state index in [9.17, 15) is 18.0 Å². The molecular weight excluding hydrogens is 399 g/mol. The Morgan fingerprint density at radius 3 is 2.40 bits per heavy atom. The Balaban J connectivity index is 1.59. The molecule has 6 nitrogen and oxygen atoms in total. The van der Waals surface area contributed by atoms with Gasteiger partial charge in [-0.05, 0) is 36.8 Å². The molecule has 1 aromatic heterocycles. The molecule has 2 amide bonds. The molecule has 2 aromatic rings. The predicted molar refractivity (Wildman–Crippen MR) is 105 cm³/mol. The third kappa shape index (κ3) is 5.76. The third-order valence-corrected chi connectivity index (χ3v) is 5.07. The van der Waals surface area contributed by atoms with Crippen LogP contribution in [0.2, 0.25) is 0 Å². The number of aryl methyl sites for hydroxylation is 1. The van der Waals surface area contributed by atoms with Gasteiger partial charge in [-0.3, -0.25) is 4.90 Å². The Labute approximate surface area is 173 Å². The summed E-state index contributed by atoms with van der Waals surface area (Å²) in [5.74, 6) is 1.58. The van der Waals surface area contributed by atoms with Gasteiger partial charge in [0.25, 0.3) is 0 Å². The number of amides is 2. The number of carbonyl (C=O) groups is 1. The maximum absolute atomic E-state index is 12.7. The first kappa shape index (κ1) is 22.2. The molecule has 164 valence electrons. The Morgan fingerprint density at radius 1 is 1.17 bits per heavy atom. The highest BCUT2D eigenvalue weighted by Crippen LogP contribution is 2.29. The minimum atomic E-state index is -4.37. The smallest absolute Gasteiger partial charge is 0.416 e. The van der Waals surface area contributed by atoms with E-state index in [0.29, 0.717) is 25.3 Å². The van der Waals surface area contributed by atoms with Crippen molar-refractivity contribution in [3.8, 4) is 0 Å². The standard InChI is InChI=1S/C21H26F3N3O3/c1-15-3-8-19(30-15)18(27-9-11-29-12-10-27)13-25-20(28)26(2)14-16-4-6-17(7-5-16)21(22,23)24/h3-8,18H,9-14H2,1-2H3,(H,25,28). The van der Waals surface area contributed by atoms with Gasteiger partial charge in [0.15, 0.2) is 0 Å². The Morgan fingerprint density at radius 2 is 1.83 bits per heavy atom. The molecule has 1 N–H and O–H groups in total. The summed E-state index contributed by atoms with van der Waals surface area (Å²) in [7, 11) is 1.60. The lowest BCUT2D eigenvalue weighted by Crippen LogP contribution is -2.45. The summed E-state index contributed by atoms with van der Waals surface area (Å²) >= 11 is 0. The summed E-state index contributed by atoms with van der Waals surface area (Å²) in [5, 5.41) is 2.91. The molecular formula is C21H26F3N3O3. The van der Waals surface area contributed by atoms with Crippen LogP contribution >= 0.6 is 0 Å².